The molecule has 1 fully saturated rings. The average Bonchev–Trinajstić information content (AvgIpc) is 3.47. The summed E-state index contributed by atoms with van der Waals surface area (Å²) in [5, 5.41) is 20.5. The van der Waals surface area contributed by atoms with Crippen LogP contribution in [0.5, 0.6) is 0 Å². The average molecular weight is 560 g/mol. The van der Waals surface area contributed by atoms with Crippen molar-refractivity contribution in [2.24, 2.45) is 11.3 Å². The van der Waals surface area contributed by atoms with Crippen LogP contribution in [0.25, 0.3) is 10.4 Å². The largest absolute Gasteiger partial charge is 0.477 e. The van der Waals surface area contributed by atoms with Crippen LogP contribution in [0.2, 0.25) is 0 Å². The maximum Gasteiger partial charge on any atom is 0.352 e. The molecule has 4 heterocycles. The van der Waals surface area contributed by atoms with E-state index in [0.29, 0.717) is 20.8 Å². The predicted octanol–water partition coefficient (Wildman–Crippen LogP) is 2.07. The number of carboxylic acids is 1. The molecule has 0 spiro atoms. The summed E-state index contributed by atoms with van der Waals surface area (Å²) in [6.45, 7) is 3.18. The minimum Gasteiger partial charge on any atom is -0.477 e. The van der Waals surface area contributed by atoms with Crippen molar-refractivity contribution in [2.75, 3.05) is 12.9 Å². The molecule has 2 aliphatic rings. The number of aliphatic hydroxyl groups excluding tert-OH is 1. The number of aliphatic hydroxyl groups is 1. The number of hydrogen-bond donors (Lipinski definition) is 2. The number of fused-ring (bicyclic) bond motifs is 2. The highest BCUT2D eigenvalue weighted by atomic mass is 32.2. The fraction of sp³-hybridized carbons (Fsp3) is 0.360. The van der Waals surface area contributed by atoms with E-state index in [4.69, 9.17) is 4.74 Å². The number of rotatable bonds is 8. The lowest BCUT2D eigenvalue weighted by atomic mass is 9.65. The summed E-state index contributed by atoms with van der Waals surface area (Å²) in [7, 11) is -3.65. The fourth-order valence-corrected chi connectivity index (χ4v) is 7.88. The van der Waals surface area contributed by atoms with Crippen molar-refractivity contribution in [2.45, 2.75) is 37.4 Å². The lowest BCUT2D eigenvalue weighted by Gasteiger charge is -2.50. The molecule has 13 heteroatoms. The highest BCUT2D eigenvalue weighted by molar-refractivity contribution is 7.91. The van der Waals surface area contributed by atoms with Gasteiger partial charge in [0, 0.05) is 23.4 Å². The van der Waals surface area contributed by atoms with E-state index in [9.17, 15) is 33.0 Å². The quantitative estimate of drug-likeness (QED) is 0.312. The number of aromatic nitrogens is 2. The number of nitrogens with zero attached hydrogens (tertiary/aromatic N) is 3. The van der Waals surface area contributed by atoms with E-state index in [1.165, 1.54) is 22.6 Å². The van der Waals surface area contributed by atoms with Gasteiger partial charge in [-0.3, -0.25) is 9.20 Å². The molecule has 200 valence electrons. The number of thiazole rings is 1. The van der Waals surface area contributed by atoms with Gasteiger partial charge in [0.05, 0.1) is 35.1 Å². The minimum absolute atomic E-state index is 0.0773. The van der Waals surface area contributed by atoms with Gasteiger partial charge in [-0.05, 0) is 25.5 Å². The number of hydrogen-bond acceptors (Lipinski definition) is 9. The Morgan fingerprint density at radius 2 is 1.95 bits per heavy atom. The number of ether oxygens (including phenoxy) is 1. The Morgan fingerprint density at radius 3 is 2.55 bits per heavy atom. The number of aliphatic carboxylic acids is 1. The second-order valence-corrected chi connectivity index (χ2v) is 12.7. The van der Waals surface area contributed by atoms with Gasteiger partial charge in [0.2, 0.25) is 5.91 Å². The first-order valence-corrected chi connectivity index (χ1v) is 14.5. The number of sulfone groups is 1. The molecule has 3 aromatic rings. The van der Waals surface area contributed by atoms with Gasteiger partial charge < -0.3 is 19.8 Å². The number of amides is 1. The normalized spacial score (nSPS) is 23.9. The van der Waals surface area contributed by atoms with E-state index < -0.39 is 51.2 Å². The number of imidazole rings is 1. The molecule has 5 rings (SSSR count). The van der Waals surface area contributed by atoms with Crippen molar-refractivity contribution in [1.29, 1.82) is 0 Å². The Kier molecular flexibility index (Phi) is 6.20. The third kappa shape index (κ3) is 3.92. The summed E-state index contributed by atoms with van der Waals surface area (Å²) < 4.78 is 31.5. The van der Waals surface area contributed by atoms with Crippen molar-refractivity contribution in [3.63, 3.8) is 0 Å². The van der Waals surface area contributed by atoms with Crippen LogP contribution in [-0.2, 0) is 24.2 Å². The predicted molar refractivity (Wildman–Crippen MR) is 136 cm³/mol. The molecule has 11 nitrogen and oxygen atoms in total. The molecule has 1 unspecified atom stereocenters. The molecule has 0 bridgehead atoms. The molecule has 1 saturated heterocycles. The van der Waals surface area contributed by atoms with Crippen molar-refractivity contribution < 1.29 is 37.8 Å². The van der Waals surface area contributed by atoms with Crippen LogP contribution in [0, 0.1) is 11.3 Å². The highest BCUT2D eigenvalue weighted by Crippen LogP contribution is 2.60. The molecular weight excluding hydrogens is 534 g/mol. The van der Waals surface area contributed by atoms with E-state index in [1.807, 2.05) is 0 Å². The molecule has 38 heavy (non-hydrogen) atoms. The number of carboxylic acid groups (broad SMARTS) is 1. The fourth-order valence-electron chi connectivity index (χ4n) is 5.49. The smallest absolute Gasteiger partial charge is 0.352 e. The van der Waals surface area contributed by atoms with Crippen LogP contribution in [0.3, 0.4) is 0 Å². The summed E-state index contributed by atoms with van der Waals surface area (Å²) in [5.74, 6) is -3.23. The number of β-lactam (4-membered cyclic amide) rings is 1. The maximum absolute atomic E-state index is 13.0. The van der Waals surface area contributed by atoms with Crippen molar-refractivity contribution >= 4 is 49.4 Å². The topological polar surface area (TPSA) is 156 Å². The lowest BCUT2D eigenvalue weighted by molar-refractivity contribution is -0.167. The van der Waals surface area contributed by atoms with Crippen LogP contribution < -0.4 is 0 Å². The maximum atomic E-state index is 13.0. The van der Waals surface area contributed by atoms with Gasteiger partial charge in [-0.25, -0.2) is 23.0 Å². The monoisotopic (exact) mass is 559 g/mol. The molecule has 0 aliphatic carbocycles. The highest BCUT2D eigenvalue weighted by Gasteiger charge is 2.66. The molecule has 0 radical (unpaired) electrons. The van der Waals surface area contributed by atoms with E-state index >= 15 is 0 Å². The second-order valence-electron chi connectivity index (χ2n) is 9.75. The SMILES string of the molecule is CC(O)[C@H]1C(=O)N2C(C(=O)O)=C(c3cn4cnc(S(C)(=O)=O)c4s3)[C@](C)(CCOC(=O)c3ccccc3)[C@@H]12. The van der Waals surface area contributed by atoms with Crippen LogP contribution in [0.4, 0.5) is 0 Å². The van der Waals surface area contributed by atoms with Gasteiger partial charge in [0.1, 0.15) is 16.9 Å². The van der Waals surface area contributed by atoms with Gasteiger partial charge in [-0.1, -0.05) is 25.1 Å². The van der Waals surface area contributed by atoms with E-state index in [-0.39, 0.29) is 23.8 Å². The van der Waals surface area contributed by atoms with Crippen LogP contribution in [0.1, 0.15) is 35.5 Å². The zero-order chi connectivity index (χ0) is 27.6. The summed E-state index contributed by atoms with van der Waals surface area (Å²) in [6.07, 6.45) is 3.07. The third-order valence-corrected chi connectivity index (χ3v) is 9.46. The Bertz CT molecular complexity index is 1610. The Balaban J connectivity index is 1.58. The molecule has 2 N–H and O–H groups in total. The van der Waals surface area contributed by atoms with Gasteiger partial charge in [0.15, 0.2) is 14.9 Å². The number of carbonyl (C=O) groups excluding carboxylic acids is 2. The zero-order valence-electron chi connectivity index (χ0n) is 20.7. The van der Waals surface area contributed by atoms with E-state index in [1.54, 1.807) is 43.5 Å². The Labute approximate surface area is 221 Å². The van der Waals surface area contributed by atoms with Gasteiger partial charge >= 0.3 is 11.9 Å². The molecule has 2 aromatic heterocycles. The van der Waals surface area contributed by atoms with Gasteiger partial charge in [-0.2, -0.15) is 0 Å². The minimum atomic E-state index is -3.65. The number of benzene rings is 1. The van der Waals surface area contributed by atoms with E-state index in [0.717, 1.165) is 17.6 Å². The lowest BCUT2D eigenvalue weighted by Crippen LogP contribution is -2.66. The van der Waals surface area contributed by atoms with Crippen LogP contribution >= 0.6 is 11.3 Å². The first-order chi connectivity index (χ1) is 17.9. The number of esters is 1. The summed E-state index contributed by atoms with van der Waals surface area (Å²) >= 11 is 1.05. The molecule has 1 aromatic carbocycles. The Hall–Kier alpha value is -3.55. The zero-order valence-corrected chi connectivity index (χ0v) is 22.3. The van der Waals surface area contributed by atoms with Crippen molar-refractivity contribution in [3.05, 3.63) is 59.0 Å². The summed E-state index contributed by atoms with van der Waals surface area (Å²) in [5.41, 5.74) is -0.591. The van der Waals surface area contributed by atoms with Gasteiger partial charge in [0.25, 0.3) is 0 Å². The standard InChI is InChI=1S/C25H25N3O8S2/c1-13(29)16-19-25(2,9-10-36-24(33)14-7-5-4-6-8-14)17(18(23(31)32)28(19)21(16)30)15-11-27-12-26-20(22(27)37-15)38(3,34)35/h4-8,11-13,16,19,29H,9-10H2,1-3H3,(H,31,32)/t13?,16-,19-,25+/m1/s1. The summed E-state index contributed by atoms with van der Waals surface area (Å²) in [4.78, 5) is 44.0. The van der Waals surface area contributed by atoms with Crippen LogP contribution in [0.15, 0.2) is 53.6 Å². The summed E-state index contributed by atoms with van der Waals surface area (Å²) in [6, 6.07) is 7.72. The first kappa shape index (κ1) is 26.1. The second kappa shape index (κ2) is 9.03. The first-order valence-electron chi connectivity index (χ1n) is 11.7. The molecular formula is C25H25N3O8S2. The van der Waals surface area contributed by atoms with E-state index in [2.05, 4.69) is 4.98 Å². The van der Waals surface area contributed by atoms with Crippen molar-refractivity contribution in [1.82, 2.24) is 14.3 Å². The number of carbonyl (C=O) groups is 3. The van der Waals surface area contributed by atoms with Crippen LogP contribution in [-0.4, -0.2) is 75.8 Å². The van der Waals surface area contributed by atoms with Gasteiger partial charge in [-0.15, -0.1) is 11.3 Å². The molecule has 4 atom stereocenters. The molecule has 1 amide bonds. The third-order valence-electron chi connectivity index (χ3n) is 7.21. The van der Waals surface area contributed by atoms with Crippen molar-refractivity contribution in [3.8, 4) is 0 Å². The molecule has 0 saturated carbocycles. The Morgan fingerprint density at radius 1 is 1.26 bits per heavy atom. The molecule has 2 aliphatic heterocycles.